The van der Waals surface area contributed by atoms with Gasteiger partial charge in [-0.1, -0.05) is 0 Å². The van der Waals surface area contributed by atoms with Crippen molar-refractivity contribution in [1.82, 2.24) is 15.1 Å². The summed E-state index contributed by atoms with van der Waals surface area (Å²) in [4.78, 5) is 12.4. The van der Waals surface area contributed by atoms with Crippen LogP contribution in [0.2, 0.25) is 0 Å². The van der Waals surface area contributed by atoms with E-state index in [0.29, 0.717) is 23.3 Å². The maximum Gasteiger partial charge on any atom is 0.269 e. The van der Waals surface area contributed by atoms with Gasteiger partial charge < -0.3 is 9.15 Å². The highest BCUT2D eigenvalue weighted by Gasteiger charge is 2.24. The van der Waals surface area contributed by atoms with E-state index in [2.05, 4.69) is 15.1 Å². The summed E-state index contributed by atoms with van der Waals surface area (Å²) in [6.07, 6.45) is 1.08. The van der Waals surface area contributed by atoms with Crippen LogP contribution in [0.15, 0.2) is 28.7 Å². The lowest BCUT2D eigenvalue weighted by molar-refractivity contribution is -0.384. The lowest BCUT2D eigenvalue weighted by Crippen LogP contribution is -2.29. The Morgan fingerprint density at radius 3 is 2.75 bits per heavy atom. The fourth-order valence-corrected chi connectivity index (χ4v) is 2.73. The molecule has 0 aliphatic carbocycles. The fraction of sp³-hybridized carbons (Fsp3) is 0.500. The van der Waals surface area contributed by atoms with Crippen molar-refractivity contribution < 1.29 is 14.1 Å². The molecule has 2 aromatic rings. The van der Waals surface area contributed by atoms with Crippen LogP contribution in [0, 0.1) is 16.0 Å². The van der Waals surface area contributed by atoms with Gasteiger partial charge in [0, 0.05) is 30.8 Å². The molecule has 1 aliphatic rings. The smallest absolute Gasteiger partial charge is 0.269 e. The zero-order valence-corrected chi connectivity index (χ0v) is 13.7. The minimum atomic E-state index is -0.438. The number of nitro benzene ring substituents is 1. The summed E-state index contributed by atoms with van der Waals surface area (Å²) < 4.78 is 11.2. The maximum atomic E-state index is 10.7. The maximum absolute atomic E-state index is 10.7. The minimum Gasteiger partial charge on any atom is -0.419 e. The second-order valence-electron chi connectivity index (χ2n) is 6.09. The topological polar surface area (TPSA) is 94.5 Å². The largest absolute Gasteiger partial charge is 0.419 e. The van der Waals surface area contributed by atoms with Crippen LogP contribution in [0.1, 0.15) is 25.3 Å². The van der Waals surface area contributed by atoms with Gasteiger partial charge in [0.15, 0.2) is 0 Å². The van der Waals surface area contributed by atoms with Crippen LogP contribution in [0.25, 0.3) is 11.5 Å². The molecule has 0 spiro atoms. The number of hydrogen-bond acceptors (Lipinski definition) is 7. The van der Waals surface area contributed by atoms with Gasteiger partial charge in [-0.25, -0.2) is 0 Å². The predicted octanol–water partition coefficient (Wildman–Crippen LogP) is 2.67. The molecule has 8 heteroatoms. The van der Waals surface area contributed by atoms with Gasteiger partial charge in [0.05, 0.1) is 17.6 Å². The van der Waals surface area contributed by atoms with Gasteiger partial charge in [-0.05, 0) is 38.4 Å². The van der Waals surface area contributed by atoms with Gasteiger partial charge in [0.2, 0.25) is 11.8 Å². The molecule has 1 fully saturated rings. The van der Waals surface area contributed by atoms with E-state index in [1.807, 2.05) is 14.0 Å². The first-order chi connectivity index (χ1) is 11.5. The van der Waals surface area contributed by atoms with Gasteiger partial charge in [0.25, 0.3) is 5.69 Å². The third kappa shape index (κ3) is 3.60. The van der Waals surface area contributed by atoms with Crippen molar-refractivity contribution in [2.45, 2.75) is 19.4 Å². The van der Waals surface area contributed by atoms with Crippen LogP contribution in [-0.4, -0.2) is 46.8 Å². The molecule has 1 aromatic heterocycles. The molecule has 128 valence electrons. The molecular weight excluding hydrogens is 312 g/mol. The van der Waals surface area contributed by atoms with E-state index in [9.17, 15) is 10.1 Å². The van der Waals surface area contributed by atoms with Crippen LogP contribution in [-0.2, 0) is 4.74 Å². The summed E-state index contributed by atoms with van der Waals surface area (Å²) in [6.45, 7) is 4.56. The van der Waals surface area contributed by atoms with E-state index in [0.717, 1.165) is 26.2 Å². The first-order valence-corrected chi connectivity index (χ1v) is 7.91. The second-order valence-corrected chi connectivity index (χ2v) is 6.09. The Morgan fingerprint density at radius 2 is 2.12 bits per heavy atom. The number of nitrogens with zero attached hydrogens (tertiary/aromatic N) is 4. The Bertz CT molecular complexity index is 694. The molecule has 0 unspecified atom stereocenters. The van der Waals surface area contributed by atoms with Crippen LogP contribution in [0.3, 0.4) is 0 Å². The number of nitro groups is 1. The molecule has 8 nitrogen and oxygen atoms in total. The zero-order valence-electron chi connectivity index (χ0n) is 13.7. The monoisotopic (exact) mass is 332 g/mol. The van der Waals surface area contributed by atoms with Gasteiger partial charge in [0.1, 0.15) is 0 Å². The molecule has 1 saturated heterocycles. The Balaban J connectivity index is 1.68. The number of non-ortho nitro benzene ring substituents is 1. The Morgan fingerprint density at radius 1 is 1.38 bits per heavy atom. The molecule has 0 bridgehead atoms. The quantitative estimate of drug-likeness (QED) is 0.593. The second kappa shape index (κ2) is 7.06. The van der Waals surface area contributed by atoms with E-state index >= 15 is 0 Å². The van der Waals surface area contributed by atoms with Gasteiger partial charge >= 0.3 is 0 Å². The summed E-state index contributed by atoms with van der Waals surface area (Å²) in [5, 5.41) is 18.9. The molecule has 2 heterocycles. The zero-order chi connectivity index (χ0) is 17.1. The molecule has 3 rings (SSSR count). The van der Waals surface area contributed by atoms with E-state index in [1.54, 1.807) is 12.1 Å². The van der Waals surface area contributed by atoms with Gasteiger partial charge in [-0.3, -0.25) is 15.0 Å². The van der Waals surface area contributed by atoms with Gasteiger partial charge in [-0.2, -0.15) is 0 Å². The summed E-state index contributed by atoms with van der Waals surface area (Å²) in [5.74, 6) is 1.43. The number of hydrogen-bond donors (Lipinski definition) is 0. The first kappa shape index (κ1) is 16.5. The Kier molecular flexibility index (Phi) is 4.86. The van der Waals surface area contributed by atoms with Crippen molar-refractivity contribution >= 4 is 5.69 Å². The van der Waals surface area contributed by atoms with Crippen molar-refractivity contribution in [2.24, 2.45) is 5.92 Å². The lowest BCUT2D eigenvalue weighted by atomic mass is 10.1. The van der Waals surface area contributed by atoms with Crippen LogP contribution in [0.5, 0.6) is 0 Å². The molecule has 1 aromatic carbocycles. The summed E-state index contributed by atoms with van der Waals surface area (Å²) in [6, 6.07) is 6.06. The van der Waals surface area contributed by atoms with Crippen LogP contribution >= 0.6 is 0 Å². The Labute approximate surface area is 139 Å². The third-order valence-electron chi connectivity index (χ3n) is 4.35. The summed E-state index contributed by atoms with van der Waals surface area (Å²) >= 11 is 0. The average Bonchev–Trinajstić information content (AvgIpc) is 3.26. The molecule has 24 heavy (non-hydrogen) atoms. The van der Waals surface area contributed by atoms with Crippen molar-refractivity contribution in [2.75, 3.05) is 26.8 Å². The normalized spacial score (nSPS) is 18.9. The first-order valence-electron chi connectivity index (χ1n) is 7.91. The molecular formula is C16H20N4O4. The van der Waals surface area contributed by atoms with Crippen LogP contribution in [0.4, 0.5) is 5.69 Å². The van der Waals surface area contributed by atoms with E-state index < -0.39 is 4.92 Å². The third-order valence-corrected chi connectivity index (χ3v) is 4.35. The van der Waals surface area contributed by atoms with E-state index in [-0.39, 0.29) is 11.7 Å². The Hall–Kier alpha value is -2.32. The van der Waals surface area contributed by atoms with E-state index in [4.69, 9.17) is 9.15 Å². The van der Waals surface area contributed by atoms with Gasteiger partial charge in [-0.15, -0.1) is 10.2 Å². The highest BCUT2D eigenvalue weighted by atomic mass is 16.6. The predicted molar refractivity (Wildman–Crippen MR) is 86.4 cm³/mol. The fourth-order valence-electron chi connectivity index (χ4n) is 2.73. The van der Waals surface area contributed by atoms with E-state index in [1.165, 1.54) is 12.1 Å². The standard InChI is InChI=1S/C16H20N4O4/c1-11(19(2)9-12-7-8-23-10-12)15-17-18-16(24-15)13-3-5-14(6-4-13)20(21)22/h3-6,11-12H,7-10H2,1-2H3/t11-,12+/m1/s1. The number of ether oxygens (including phenoxy) is 1. The molecule has 1 aliphatic heterocycles. The number of aromatic nitrogens is 2. The molecule has 0 radical (unpaired) electrons. The van der Waals surface area contributed by atoms with Crippen molar-refractivity contribution in [3.63, 3.8) is 0 Å². The minimum absolute atomic E-state index is 0.00935. The van der Waals surface area contributed by atoms with Crippen molar-refractivity contribution in [3.8, 4) is 11.5 Å². The molecule has 0 saturated carbocycles. The lowest BCUT2D eigenvalue weighted by Gasteiger charge is -2.24. The molecule has 0 amide bonds. The summed E-state index contributed by atoms with van der Waals surface area (Å²) in [5.41, 5.74) is 0.698. The highest BCUT2D eigenvalue weighted by molar-refractivity contribution is 5.55. The number of rotatable bonds is 6. The van der Waals surface area contributed by atoms with Crippen molar-refractivity contribution in [1.29, 1.82) is 0 Å². The number of benzene rings is 1. The average molecular weight is 332 g/mol. The highest BCUT2D eigenvalue weighted by Crippen LogP contribution is 2.26. The SMILES string of the molecule is C[C@H](c1nnc(-c2ccc([N+](=O)[O-])cc2)o1)N(C)C[C@@H]1CCOC1. The molecule has 2 atom stereocenters. The van der Waals surface area contributed by atoms with Crippen molar-refractivity contribution in [3.05, 3.63) is 40.3 Å². The molecule has 0 N–H and O–H groups in total. The summed E-state index contributed by atoms with van der Waals surface area (Å²) in [7, 11) is 2.03. The van der Waals surface area contributed by atoms with Crippen LogP contribution < -0.4 is 0 Å².